The molecule has 9 nitrogen and oxygen atoms in total. The number of amides is 1. The summed E-state index contributed by atoms with van der Waals surface area (Å²) in [6.45, 7) is 2.98. The van der Waals surface area contributed by atoms with Crippen LogP contribution in [0.15, 0.2) is 65.8 Å². The molecule has 1 N–H and O–H groups in total. The number of hydrogen-bond donors (Lipinski definition) is 1. The first kappa shape index (κ1) is 21.9. The standard InChI is InChI=1S/C22H22N4O5S/c1-16-15-17(31-22-23-9-4-10-24-22)7-8-19(16)25-21(27)18-5-2-3-6-20(18)32(28,29)26-11-13-30-14-12-26/h2-10,15H,11-14H2,1H3,(H,25,27). The maximum Gasteiger partial charge on any atom is 0.321 e. The number of rotatable bonds is 6. The van der Waals surface area contributed by atoms with Crippen LogP contribution in [0.2, 0.25) is 0 Å². The van der Waals surface area contributed by atoms with E-state index in [-0.39, 0.29) is 29.6 Å². The van der Waals surface area contributed by atoms with Gasteiger partial charge in [-0.2, -0.15) is 4.31 Å². The van der Waals surface area contributed by atoms with E-state index in [0.29, 0.717) is 24.7 Å². The average molecular weight is 455 g/mol. The number of nitrogens with one attached hydrogen (secondary N) is 1. The minimum atomic E-state index is -3.82. The Morgan fingerprint density at radius 1 is 1.06 bits per heavy atom. The van der Waals surface area contributed by atoms with Gasteiger partial charge in [0.2, 0.25) is 10.0 Å². The zero-order valence-corrected chi connectivity index (χ0v) is 18.2. The Hall–Kier alpha value is -3.34. The first-order chi connectivity index (χ1) is 15.4. The SMILES string of the molecule is Cc1cc(Oc2ncccn2)ccc1NC(=O)c1ccccc1S(=O)(=O)N1CCOCC1. The highest BCUT2D eigenvalue weighted by Gasteiger charge is 2.30. The van der Waals surface area contributed by atoms with E-state index in [1.807, 2.05) is 6.92 Å². The molecule has 0 spiro atoms. The van der Waals surface area contributed by atoms with Gasteiger partial charge in [-0.05, 0) is 48.9 Å². The van der Waals surface area contributed by atoms with Crippen molar-refractivity contribution >= 4 is 21.6 Å². The highest BCUT2D eigenvalue weighted by molar-refractivity contribution is 7.89. The summed E-state index contributed by atoms with van der Waals surface area (Å²) in [5.41, 5.74) is 1.35. The van der Waals surface area contributed by atoms with Gasteiger partial charge in [-0.1, -0.05) is 12.1 Å². The number of ether oxygens (including phenoxy) is 2. The Labute approximate surface area is 186 Å². The summed E-state index contributed by atoms with van der Waals surface area (Å²) >= 11 is 0. The molecule has 0 unspecified atom stereocenters. The summed E-state index contributed by atoms with van der Waals surface area (Å²) in [6.07, 6.45) is 3.15. The van der Waals surface area contributed by atoms with Crippen molar-refractivity contribution in [2.45, 2.75) is 11.8 Å². The summed E-state index contributed by atoms with van der Waals surface area (Å²) in [7, 11) is -3.82. The van der Waals surface area contributed by atoms with E-state index in [4.69, 9.17) is 9.47 Å². The van der Waals surface area contributed by atoms with Gasteiger partial charge in [0.1, 0.15) is 5.75 Å². The van der Waals surface area contributed by atoms with Crippen LogP contribution in [0.5, 0.6) is 11.8 Å². The fourth-order valence-corrected chi connectivity index (χ4v) is 4.88. The fraction of sp³-hybridized carbons (Fsp3) is 0.227. The molecule has 0 saturated carbocycles. The molecular formula is C22H22N4O5S. The van der Waals surface area contributed by atoms with E-state index in [1.54, 1.807) is 48.8 Å². The lowest BCUT2D eigenvalue weighted by Gasteiger charge is -2.26. The molecule has 0 atom stereocenters. The number of aryl methyl sites for hydroxylation is 1. The first-order valence-corrected chi connectivity index (χ1v) is 11.4. The van der Waals surface area contributed by atoms with Gasteiger partial charge in [-0.15, -0.1) is 0 Å². The molecule has 1 saturated heterocycles. The van der Waals surface area contributed by atoms with E-state index in [1.165, 1.54) is 16.4 Å². The Morgan fingerprint density at radius 2 is 1.78 bits per heavy atom. The molecule has 1 amide bonds. The number of hydrogen-bond acceptors (Lipinski definition) is 7. The van der Waals surface area contributed by atoms with Gasteiger partial charge in [-0.3, -0.25) is 4.79 Å². The van der Waals surface area contributed by atoms with Crippen molar-refractivity contribution in [1.29, 1.82) is 0 Å². The van der Waals surface area contributed by atoms with Crippen molar-refractivity contribution in [2.24, 2.45) is 0 Å². The largest absolute Gasteiger partial charge is 0.424 e. The van der Waals surface area contributed by atoms with Gasteiger partial charge in [0.05, 0.1) is 23.7 Å². The van der Waals surface area contributed by atoms with Crippen molar-refractivity contribution in [3.8, 4) is 11.8 Å². The molecule has 0 bridgehead atoms. The molecular weight excluding hydrogens is 432 g/mol. The number of morpholine rings is 1. The van der Waals surface area contributed by atoms with E-state index < -0.39 is 15.9 Å². The topological polar surface area (TPSA) is 111 Å². The van der Waals surface area contributed by atoms with E-state index in [2.05, 4.69) is 15.3 Å². The van der Waals surface area contributed by atoms with Crippen LogP contribution in [0.25, 0.3) is 0 Å². The number of nitrogens with zero attached hydrogens (tertiary/aromatic N) is 3. The highest BCUT2D eigenvalue weighted by Crippen LogP contribution is 2.26. The van der Waals surface area contributed by atoms with Crippen LogP contribution in [-0.2, 0) is 14.8 Å². The fourth-order valence-electron chi connectivity index (χ4n) is 3.28. The predicted octanol–water partition coefficient (Wildman–Crippen LogP) is 2.85. The second-order valence-electron chi connectivity index (χ2n) is 7.08. The lowest BCUT2D eigenvalue weighted by atomic mass is 10.1. The van der Waals surface area contributed by atoms with Crippen LogP contribution in [0.3, 0.4) is 0 Å². The molecule has 1 fully saturated rings. The molecule has 10 heteroatoms. The highest BCUT2D eigenvalue weighted by atomic mass is 32.2. The van der Waals surface area contributed by atoms with Gasteiger partial charge in [0.25, 0.3) is 5.91 Å². The molecule has 1 aliphatic rings. The second-order valence-corrected chi connectivity index (χ2v) is 8.98. The molecule has 32 heavy (non-hydrogen) atoms. The Kier molecular flexibility index (Phi) is 6.45. The maximum absolute atomic E-state index is 13.1. The lowest BCUT2D eigenvalue weighted by molar-refractivity contribution is 0.0730. The van der Waals surface area contributed by atoms with E-state index >= 15 is 0 Å². The third-order valence-electron chi connectivity index (χ3n) is 4.92. The molecule has 2 aromatic carbocycles. The summed E-state index contributed by atoms with van der Waals surface area (Å²) in [5.74, 6) is 0.00240. The summed E-state index contributed by atoms with van der Waals surface area (Å²) in [4.78, 5) is 21.0. The number of aromatic nitrogens is 2. The Balaban J connectivity index is 1.55. The quantitative estimate of drug-likeness (QED) is 0.610. The average Bonchev–Trinajstić information content (AvgIpc) is 2.82. The van der Waals surface area contributed by atoms with Gasteiger partial charge >= 0.3 is 6.01 Å². The van der Waals surface area contributed by atoms with Gasteiger partial charge in [0, 0.05) is 31.2 Å². The first-order valence-electron chi connectivity index (χ1n) is 9.99. The van der Waals surface area contributed by atoms with Crippen LogP contribution in [0, 0.1) is 6.92 Å². The van der Waals surface area contributed by atoms with Gasteiger partial charge in [0.15, 0.2) is 0 Å². The van der Waals surface area contributed by atoms with Crippen LogP contribution >= 0.6 is 0 Å². The number of carbonyl (C=O) groups is 1. The summed E-state index contributed by atoms with van der Waals surface area (Å²) in [6, 6.07) is 13.2. The Morgan fingerprint density at radius 3 is 2.50 bits per heavy atom. The summed E-state index contributed by atoms with van der Waals surface area (Å²) in [5, 5.41) is 2.80. The number of anilines is 1. The zero-order valence-electron chi connectivity index (χ0n) is 17.4. The molecule has 3 aromatic rings. The van der Waals surface area contributed by atoms with Crippen molar-refractivity contribution in [1.82, 2.24) is 14.3 Å². The minimum Gasteiger partial charge on any atom is -0.424 e. The zero-order chi connectivity index (χ0) is 22.6. The van der Waals surface area contributed by atoms with Crippen molar-refractivity contribution < 1.29 is 22.7 Å². The van der Waals surface area contributed by atoms with Gasteiger partial charge < -0.3 is 14.8 Å². The molecule has 2 heterocycles. The number of sulfonamides is 1. The maximum atomic E-state index is 13.1. The molecule has 0 radical (unpaired) electrons. The van der Waals surface area contributed by atoms with Crippen LogP contribution < -0.4 is 10.1 Å². The van der Waals surface area contributed by atoms with Crippen molar-refractivity contribution in [3.05, 3.63) is 72.1 Å². The van der Waals surface area contributed by atoms with Crippen molar-refractivity contribution in [2.75, 3.05) is 31.6 Å². The molecule has 166 valence electrons. The Bertz CT molecular complexity index is 1210. The van der Waals surface area contributed by atoms with Gasteiger partial charge in [-0.25, -0.2) is 18.4 Å². The van der Waals surface area contributed by atoms with E-state index in [0.717, 1.165) is 5.56 Å². The lowest BCUT2D eigenvalue weighted by Crippen LogP contribution is -2.41. The molecule has 1 aromatic heterocycles. The smallest absolute Gasteiger partial charge is 0.321 e. The molecule has 4 rings (SSSR count). The van der Waals surface area contributed by atoms with Crippen LogP contribution in [-0.4, -0.2) is 54.9 Å². The number of benzene rings is 2. The van der Waals surface area contributed by atoms with E-state index in [9.17, 15) is 13.2 Å². The third kappa shape index (κ3) is 4.77. The monoisotopic (exact) mass is 454 g/mol. The predicted molar refractivity (Wildman–Crippen MR) is 117 cm³/mol. The van der Waals surface area contributed by atoms with Crippen molar-refractivity contribution in [3.63, 3.8) is 0 Å². The van der Waals surface area contributed by atoms with Crippen LogP contribution in [0.1, 0.15) is 15.9 Å². The normalized spacial score (nSPS) is 14.7. The molecule has 1 aliphatic heterocycles. The number of carbonyl (C=O) groups excluding carboxylic acids is 1. The second kappa shape index (κ2) is 9.43. The molecule has 0 aliphatic carbocycles. The minimum absolute atomic E-state index is 0.0294. The van der Waals surface area contributed by atoms with Crippen LogP contribution in [0.4, 0.5) is 5.69 Å². The third-order valence-corrected chi connectivity index (χ3v) is 6.87. The summed E-state index contributed by atoms with van der Waals surface area (Å²) < 4.78 is 38.4.